The van der Waals surface area contributed by atoms with Gasteiger partial charge in [0.05, 0.1) is 0 Å². The first-order chi connectivity index (χ1) is 7.95. The molecule has 0 aliphatic rings. The van der Waals surface area contributed by atoms with Crippen LogP contribution in [0.25, 0.3) is 0 Å². The van der Waals surface area contributed by atoms with Crippen molar-refractivity contribution in [3.8, 4) is 0 Å². The standard InChI is InChI=1S/C13H21N3O/c1-10-5-4-6-11(9-10)15-8-7-13(2,3)12(14)16-17/h4-6,9,15,17H,7-8H2,1-3H3,(H2,14,16). The summed E-state index contributed by atoms with van der Waals surface area (Å²) in [6.45, 7) is 6.76. The van der Waals surface area contributed by atoms with Gasteiger partial charge in [0.1, 0.15) is 5.84 Å². The molecule has 0 radical (unpaired) electrons. The van der Waals surface area contributed by atoms with Crippen LogP contribution in [0.4, 0.5) is 5.69 Å². The zero-order valence-electron chi connectivity index (χ0n) is 10.7. The zero-order chi connectivity index (χ0) is 12.9. The summed E-state index contributed by atoms with van der Waals surface area (Å²) in [7, 11) is 0. The molecule has 0 aliphatic carbocycles. The van der Waals surface area contributed by atoms with Crippen LogP contribution in [0.3, 0.4) is 0 Å². The number of amidine groups is 1. The Morgan fingerprint density at radius 1 is 1.47 bits per heavy atom. The zero-order valence-corrected chi connectivity index (χ0v) is 10.7. The third kappa shape index (κ3) is 3.98. The van der Waals surface area contributed by atoms with Crippen LogP contribution >= 0.6 is 0 Å². The Kier molecular flexibility index (Phi) is 4.37. The van der Waals surface area contributed by atoms with E-state index in [1.54, 1.807) is 0 Å². The lowest BCUT2D eigenvalue weighted by Gasteiger charge is -2.23. The molecule has 0 spiro atoms. The fraction of sp³-hybridized carbons (Fsp3) is 0.462. The molecule has 0 unspecified atom stereocenters. The van der Waals surface area contributed by atoms with Crippen LogP contribution in [0, 0.1) is 12.3 Å². The molecule has 17 heavy (non-hydrogen) atoms. The molecule has 1 rings (SSSR count). The molecule has 0 atom stereocenters. The lowest BCUT2D eigenvalue weighted by Crippen LogP contribution is -2.33. The lowest BCUT2D eigenvalue weighted by atomic mass is 9.88. The molecule has 0 aromatic heterocycles. The minimum atomic E-state index is -0.300. The highest BCUT2D eigenvalue weighted by Crippen LogP contribution is 2.20. The van der Waals surface area contributed by atoms with Crippen molar-refractivity contribution in [3.05, 3.63) is 29.8 Å². The largest absolute Gasteiger partial charge is 0.409 e. The van der Waals surface area contributed by atoms with Gasteiger partial charge in [0, 0.05) is 17.6 Å². The Balaban J connectivity index is 2.48. The van der Waals surface area contributed by atoms with Gasteiger partial charge < -0.3 is 16.3 Å². The Morgan fingerprint density at radius 3 is 2.76 bits per heavy atom. The van der Waals surface area contributed by atoms with Crippen LogP contribution in [0.15, 0.2) is 29.4 Å². The number of nitrogens with two attached hydrogens (primary N) is 1. The summed E-state index contributed by atoms with van der Waals surface area (Å²) in [4.78, 5) is 0. The van der Waals surface area contributed by atoms with E-state index in [4.69, 9.17) is 10.9 Å². The van der Waals surface area contributed by atoms with Gasteiger partial charge in [-0.2, -0.15) is 0 Å². The third-order valence-corrected chi connectivity index (χ3v) is 2.90. The molecule has 0 heterocycles. The second-order valence-corrected chi connectivity index (χ2v) is 4.92. The molecule has 4 N–H and O–H groups in total. The quantitative estimate of drug-likeness (QED) is 0.318. The maximum Gasteiger partial charge on any atom is 0.144 e. The molecule has 0 saturated heterocycles. The third-order valence-electron chi connectivity index (χ3n) is 2.90. The van der Waals surface area contributed by atoms with Crippen LogP contribution in [-0.4, -0.2) is 17.6 Å². The van der Waals surface area contributed by atoms with Crippen molar-refractivity contribution in [2.45, 2.75) is 27.2 Å². The van der Waals surface area contributed by atoms with E-state index in [1.807, 2.05) is 26.0 Å². The van der Waals surface area contributed by atoms with Crippen molar-refractivity contribution < 1.29 is 5.21 Å². The number of nitrogens with zero attached hydrogens (tertiary/aromatic N) is 1. The first kappa shape index (κ1) is 13.4. The smallest absolute Gasteiger partial charge is 0.144 e. The van der Waals surface area contributed by atoms with Gasteiger partial charge in [-0.05, 0) is 31.0 Å². The highest BCUT2D eigenvalue weighted by Gasteiger charge is 2.22. The predicted molar refractivity (Wildman–Crippen MR) is 71.5 cm³/mol. The molecular formula is C13H21N3O. The maximum atomic E-state index is 8.67. The van der Waals surface area contributed by atoms with E-state index in [2.05, 4.69) is 29.5 Å². The molecule has 94 valence electrons. The summed E-state index contributed by atoms with van der Waals surface area (Å²) in [6, 6.07) is 8.21. The molecule has 4 nitrogen and oxygen atoms in total. The SMILES string of the molecule is Cc1cccc(NCCC(C)(C)C(N)=NO)c1. The molecule has 0 saturated carbocycles. The topological polar surface area (TPSA) is 70.6 Å². The first-order valence-electron chi connectivity index (χ1n) is 5.74. The Labute approximate surface area is 103 Å². The summed E-state index contributed by atoms with van der Waals surface area (Å²) in [5.41, 5.74) is 7.65. The summed E-state index contributed by atoms with van der Waals surface area (Å²) in [5, 5.41) is 15.1. The van der Waals surface area contributed by atoms with Crippen molar-refractivity contribution >= 4 is 11.5 Å². The van der Waals surface area contributed by atoms with Gasteiger partial charge in [0.25, 0.3) is 0 Å². The fourth-order valence-corrected chi connectivity index (χ4v) is 1.54. The number of benzene rings is 1. The van der Waals surface area contributed by atoms with Crippen LogP contribution in [-0.2, 0) is 0 Å². The van der Waals surface area contributed by atoms with Gasteiger partial charge in [0.2, 0.25) is 0 Å². The monoisotopic (exact) mass is 235 g/mol. The van der Waals surface area contributed by atoms with Crippen LogP contribution < -0.4 is 11.1 Å². The molecule has 0 aliphatic heterocycles. The van der Waals surface area contributed by atoms with Gasteiger partial charge in [-0.3, -0.25) is 0 Å². The number of oxime groups is 1. The van der Waals surface area contributed by atoms with E-state index >= 15 is 0 Å². The molecular weight excluding hydrogens is 214 g/mol. The number of hydrogen-bond acceptors (Lipinski definition) is 3. The molecule has 1 aromatic rings. The van der Waals surface area contributed by atoms with E-state index in [1.165, 1.54) is 5.56 Å². The van der Waals surface area contributed by atoms with E-state index in [0.29, 0.717) is 0 Å². The van der Waals surface area contributed by atoms with Crippen molar-refractivity contribution in [1.29, 1.82) is 0 Å². The Hall–Kier alpha value is -1.71. The predicted octanol–water partition coefficient (Wildman–Crippen LogP) is 2.57. The van der Waals surface area contributed by atoms with Gasteiger partial charge in [-0.25, -0.2) is 0 Å². The van der Waals surface area contributed by atoms with Crippen LogP contribution in [0.5, 0.6) is 0 Å². The fourth-order valence-electron chi connectivity index (χ4n) is 1.54. The molecule has 0 amide bonds. The van der Waals surface area contributed by atoms with Crippen molar-refractivity contribution in [2.75, 3.05) is 11.9 Å². The second-order valence-electron chi connectivity index (χ2n) is 4.92. The van der Waals surface area contributed by atoms with E-state index in [0.717, 1.165) is 18.7 Å². The minimum absolute atomic E-state index is 0.267. The average Bonchev–Trinajstić information content (AvgIpc) is 2.27. The van der Waals surface area contributed by atoms with E-state index in [-0.39, 0.29) is 11.3 Å². The van der Waals surface area contributed by atoms with Crippen molar-refractivity contribution in [1.82, 2.24) is 0 Å². The average molecular weight is 235 g/mol. The van der Waals surface area contributed by atoms with E-state index in [9.17, 15) is 0 Å². The van der Waals surface area contributed by atoms with Crippen LogP contribution in [0.1, 0.15) is 25.8 Å². The van der Waals surface area contributed by atoms with Crippen molar-refractivity contribution in [3.63, 3.8) is 0 Å². The maximum absolute atomic E-state index is 8.67. The minimum Gasteiger partial charge on any atom is -0.409 e. The number of nitrogens with one attached hydrogen (secondary N) is 1. The summed E-state index contributed by atoms with van der Waals surface area (Å²) in [5.74, 6) is 0.267. The molecule has 1 aromatic carbocycles. The number of aryl methyl sites for hydroxylation is 1. The van der Waals surface area contributed by atoms with Gasteiger partial charge in [-0.1, -0.05) is 31.1 Å². The number of anilines is 1. The van der Waals surface area contributed by atoms with Gasteiger partial charge in [-0.15, -0.1) is 0 Å². The van der Waals surface area contributed by atoms with Gasteiger partial charge >= 0.3 is 0 Å². The number of rotatable bonds is 5. The first-order valence-corrected chi connectivity index (χ1v) is 5.74. The summed E-state index contributed by atoms with van der Waals surface area (Å²) < 4.78 is 0. The van der Waals surface area contributed by atoms with Crippen molar-refractivity contribution in [2.24, 2.45) is 16.3 Å². The Morgan fingerprint density at radius 2 is 2.18 bits per heavy atom. The molecule has 0 fully saturated rings. The lowest BCUT2D eigenvalue weighted by molar-refractivity contribution is 0.306. The highest BCUT2D eigenvalue weighted by atomic mass is 16.4. The molecule has 4 heteroatoms. The summed E-state index contributed by atoms with van der Waals surface area (Å²) in [6.07, 6.45) is 0.802. The van der Waals surface area contributed by atoms with Gasteiger partial charge in [0.15, 0.2) is 0 Å². The summed E-state index contributed by atoms with van der Waals surface area (Å²) >= 11 is 0. The number of hydrogen-bond donors (Lipinski definition) is 3. The van der Waals surface area contributed by atoms with Crippen LogP contribution in [0.2, 0.25) is 0 Å². The van der Waals surface area contributed by atoms with E-state index < -0.39 is 0 Å². The normalized spacial score (nSPS) is 12.5. The second kappa shape index (κ2) is 5.57. The molecule has 0 bridgehead atoms. The Bertz CT molecular complexity index is 399. The highest BCUT2D eigenvalue weighted by molar-refractivity contribution is 5.85.